The summed E-state index contributed by atoms with van der Waals surface area (Å²) in [5, 5.41) is 0. The number of pyridine rings is 2. The number of carbonyl (C=O) groups is 1. The molecule has 3 aromatic heterocycles. The van der Waals surface area contributed by atoms with Crippen LogP contribution in [0.4, 0.5) is 4.79 Å². The van der Waals surface area contributed by atoms with Crippen molar-refractivity contribution in [3.8, 4) is 17.0 Å². The van der Waals surface area contributed by atoms with E-state index in [1.54, 1.807) is 23.5 Å². The molecular formula is C22H23BrN4O3. The van der Waals surface area contributed by atoms with Crippen molar-refractivity contribution in [2.24, 2.45) is 0 Å². The van der Waals surface area contributed by atoms with E-state index in [1.807, 2.05) is 51.1 Å². The van der Waals surface area contributed by atoms with Crippen LogP contribution in [-0.4, -0.2) is 50.7 Å². The topological polar surface area (TPSA) is 80.3 Å². The van der Waals surface area contributed by atoms with Crippen LogP contribution in [-0.2, 0) is 4.74 Å². The number of carbonyl (C=O) groups excluding carboxylic acids is 1. The first kappa shape index (κ1) is 20.4. The average Bonchev–Trinajstić information content (AvgIpc) is 3.30. The molecule has 4 rings (SSSR count). The Hall–Kier alpha value is -2.87. The Labute approximate surface area is 183 Å². The second-order valence-electron chi connectivity index (χ2n) is 8.02. The lowest BCUT2D eigenvalue weighted by Gasteiger charge is -2.28. The predicted octanol–water partition coefficient (Wildman–Crippen LogP) is 4.94. The van der Waals surface area contributed by atoms with Crippen LogP contribution in [0.2, 0.25) is 0 Å². The number of aromatic nitrogens is 3. The van der Waals surface area contributed by atoms with Crippen LogP contribution in [0.25, 0.3) is 22.3 Å². The predicted molar refractivity (Wildman–Crippen MR) is 118 cm³/mol. The molecule has 1 atom stereocenters. The first-order valence-electron chi connectivity index (χ1n) is 9.69. The maximum atomic E-state index is 12.5. The number of amides is 1. The van der Waals surface area contributed by atoms with Crippen molar-refractivity contribution in [3.05, 3.63) is 53.4 Å². The lowest BCUT2D eigenvalue weighted by molar-refractivity contribution is 0.0208. The molecule has 0 fully saturated rings. The zero-order valence-corrected chi connectivity index (χ0v) is 18.6. The minimum absolute atomic E-state index is 0.208. The Bertz CT molecular complexity index is 1100. The Balaban J connectivity index is 1.54. The molecule has 1 aliphatic rings. The maximum absolute atomic E-state index is 12.5. The number of halogens is 1. The molecule has 8 heteroatoms. The fourth-order valence-electron chi connectivity index (χ4n) is 3.30. The van der Waals surface area contributed by atoms with Gasteiger partial charge in [0.05, 0.1) is 27.9 Å². The summed E-state index contributed by atoms with van der Waals surface area (Å²) in [6, 6.07) is 5.54. The molecule has 0 saturated heterocycles. The Morgan fingerprint density at radius 2 is 2.17 bits per heavy atom. The van der Waals surface area contributed by atoms with E-state index in [-0.39, 0.29) is 12.1 Å². The van der Waals surface area contributed by atoms with Crippen molar-refractivity contribution in [1.82, 2.24) is 19.9 Å². The van der Waals surface area contributed by atoms with E-state index in [0.29, 0.717) is 18.9 Å². The summed E-state index contributed by atoms with van der Waals surface area (Å²) >= 11 is 3.65. The summed E-state index contributed by atoms with van der Waals surface area (Å²) < 4.78 is 12.5. The van der Waals surface area contributed by atoms with Crippen LogP contribution in [0, 0.1) is 0 Å². The van der Waals surface area contributed by atoms with E-state index in [2.05, 4.69) is 30.9 Å². The first-order chi connectivity index (χ1) is 14.3. The minimum Gasteiger partial charge on any atom is -0.489 e. The quantitative estimate of drug-likeness (QED) is 0.546. The summed E-state index contributed by atoms with van der Waals surface area (Å²) in [5.74, 6) is 0.620. The Kier molecular flexibility index (Phi) is 5.51. The zero-order chi connectivity index (χ0) is 21.3. The number of rotatable bonds is 4. The van der Waals surface area contributed by atoms with Gasteiger partial charge in [-0.1, -0.05) is 12.2 Å². The van der Waals surface area contributed by atoms with Gasteiger partial charge in [-0.05, 0) is 54.9 Å². The lowest BCUT2D eigenvalue weighted by atomic mass is 10.2. The molecule has 1 N–H and O–H groups in total. The lowest BCUT2D eigenvalue weighted by Crippen LogP contribution is -2.42. The second kappa shape index (κ2) is 8.10. The van der Waals surface area contributed by atoms with E-state index < -0.39 is 5.60 Å². The molecule has 0 aliphatic carbocycles. The highest BCUT2D eigenvalue weighted by Crippen LogP contribution is 2.37. The van der Waals surface area contributed by atoms with Gasteiger partial charge in [0.2, 0.25) is 0 Å². The summed E-state index contributed by atoms with van der Waals surface area (Å²) in [5.41, 5.74) is 2.96. The molecule has 1 amide bonds. The number of nitrogens with one attached hydrogen (secondary N) is 1. The van der Waals surface area contributed by atoms with Gasteiger partial charge in [0.25, 0.3) is 0 Å². The van der Waals surface area contributed by atoms with Gasteiger partial charge in [-0.2, -0.15) is 0 Å². The van der Waals surface area contributed by atoms with Crippen molar-refractivity contribution >= 4 is 33.1 Å². The smallest absolute Gasteiger partial charge is 0.411 e. The number of nitrogens with zero attached hydrogens (tertiary/aromatic N) is 3. The number of hydrogen-bond donors (Lipinski definition) is 1. The minimum atomic E-state index is -0.544. The molecule has 0 spiro atoms. The van der Waals surface area contributed by atoms with Crippen molar-refractivity contribution < 1.29 is 14.3 Å². The first-order valence-corrected chi connectivity index (χ1v) is 10.5. The highest BCUT2D eigenvalue weighted by atomic mass is 79.9. The highest BCUT2D eigenvalue weighted by molar-refractivity contribution is 9.10. The van der Waals surface area contributed by atoms with Gasteiger partial charge in [0.1, 0.15) is 23.5 Å². The van der Waals surface area contributed by atoms with Crippen LogP contribution in [0.3, 0.4) is 0 Å². The maximum Gasteiger partial charge on any atom is 0.411 e. The Morgan fingerprint density at radius 1 is 1.33 bits per heavy atom. The van der Waals surface area contributed by atoms with Crippen molar-refractivity contribution in [2.45, 2.75) is 32.4 Å². The molecular weight excluding hydrogens is 448 g/mol. The van der Waals surface area contributed by atoms with Gasteiger partial charge in [-0.25, -0.2) is 4.79 Å². The van der Waals surface area contributed by atoms with Crippen LogP contribution in [0.1, 0.15) is 20.8 Å². The monoisotopic (exact) mass is 470 g/mol. The molecule has 156 valence electrons. The standard InChI is InChI=1S/C22H23BrN4O3/c1-22(2,3)30-21(28)27-11-5-6-14(27)13-29-17-12-24-10-8-15(17)19-18(23)20-16(26-19)7-4-9-25-20/h4-10,12,14,26H,11,13H2,1-3H3/t14-/m0/s1. The number of fused-ring (bicyclic) bond motifs is 1. The largest absolute Gasteiger partial charge is 0.489 e. The third kappa shape index (κ3) is 4.18. The number of aromatic amines is 1. The summed E-state index contributed by atoms with van der Waals surface area (Å²) in [6.45, 7) is 6.37. The summed E-state index contributed by atoms with van der Waals surface area (Å²) in [4.78, 5) is 26.2. The van der Waals surface area contributed by atoms with Gasteiger partial charge in [0, 0.05) is 24.5 Å². The van der Waals surface area contributed by atoms with E-state index in [4.69, 9.17) is 9.47 Å². The average molecular weight is 471 g/mol. The van der Waals surface area contributed by atoms with Gasteiger partial charge < -0.3 is 14.5 Å². The molecule has 1 aliphatic heterocycles. The fourth-order valence-corrected chi connectivity index (χ4v) is 3.93. The molecule has 0 saturated carbocycles. The van der Waals surface area contributed by atoms with Crippen molar-refractivity contribution in [3.63, 3.8) is 0 Å². The normalized spacial score (nSPS) is 16.3. The summed E-state index contributed by atoms with van der Waals surface area (Å²) in [7, 11) is 0. The number of hydrogen-bond acceptors (Lipinski definition) is 5. The van der Waals surface area contributed by atoms with Crippen LogP contribution in [0.15, 0.2) is 53.4 Å². The molecule has 7 nitrogen and oxygen atoms in total. The zero-order valence-electron chi connectivity index (χ0n) is 17.1. The van der Waals surface area contributed by atoms with Crippen molar-refractivity contribution in [1.29, 1.82) is 0 Å². The second-order valence-corrected chi connectivity index (χ2v) is 8.82. The fraction of sp³-hybridized carbons (Fsp3) is 0.318. The van der Waals surface area contributed by atoms with Gasteiger partial charge in [-0.3, -0.25) is 14.9 Å². The Morgan fingerprint density at radius 3 is 2.93 bits per heavy atom. The van der Waals surface area contributed by atoms with E-state index in [0.717, 1.165) is 26.8 Å². The van der Waals surface area contributed by atoms with Crippen LogP contribution >= 0.6 is 15.9 Å². The third-order valence-electron chi connectivity index (χ3n) is 4.65. The summed E-state index contributed by atoms with van der Waals surface area (Å²) in [6.07, 6.45) is 8.71. The van der Waals surface area contributed by atoms with Crippen molar-refractivity contribution in [2.75, 3.05) is 13.2 Å². The SMILES string of the molecule is CC(C)(C)OC(=O)N1CC=C[C@H]1COc1cnccc1-c1[nH]c2cccnc2c1Br. The molecule has 30 heavy (non-hydrogen) atoms. The number of H-pyrrole nitrogens is 1. The van der Waals surface area contributed by atoms with E-state index in [1.165, 1.54) is 0 Å². The van der Waals surface area contributed by atoms with Crippen LogP contribution < -0.4 is 4.74 Å². The number of ether oxygens (including phenoxy) is 2. The molecule has 0 bridgehead atoms. The highest BCUT2D eigenvalue weighted by Gasteiger charge is 2.30. The van der Waals surface area contributed by atoms with E-state index in [9.17, 15) is 4.79 Å². The van der Waals surface area contributed by atoms with E-state index >= 15 is 0 Å². The molecule has 0 radical (unpaired) electrons. The third-order valence-corrected chi connectivity index (χ3v) is 5.42. The molecule has 3 aromatic rings. The van der Waals surface area contributed by atoms with Crippen LogP contribution in [0.5, 0.6) is 5.75 Å². The molecule has 0 unspecified atom stereocenters. The van der Waals surface area contributed by atoms with Gasteiger partial charge >= 0.3 is 6.09 Å². The van der Waals surface area contributed by atoms with Gasteiger partial charge in [0.15, 0.2) is 0 Å². The molecule has 0 aromatic carbocycles. The molecule has 4 heterocycles. The van der Waals surface area contributed by atoms with Gasteiger partial charge in [-0.15, -0.1) is 0 Å².